The van der Waals surface area contributed by atoms with Crippen molar-refractivity contribution < 1.29 is 14.7 Å². The fraction of sp³-hybridized carbons (Fsp3) is 0.429. The highest BCUT2D eigenvalue weighted by molar-refractivity contribution is 6.14. The van der Waals surface area contributed by atoms with E-state index in [1.807, 2.05) is 24.3 Å². The number of nitrogens with two attached hydrogens (primary N) is 1. The van der Waals surface area contributed by atoms with Crippen LogP contribution < -0.4 is 11.1 Å². The molecule has 0 heterocycles. The second-order valence-corrected chi connectivity index (χ2v) is 4.92. The number of carbonyl (C=O) groups is 1. The van der Waals surface area contributed by atoms with Gasteiger partial charge in [0.15, 0.2) is 5.84 Å². The maximum absolute atomic E-state index is 12.3. The number of carbonyl (C=O) groups excluding carboxylic acids is 1. The summed E-state index contributed by atoms with van der Waals surface area (Å²) in [5, 5.41) is 14.6. The molecule has 20 heavy (non-hydrogen) atoms. The molecule has 0 bridgehead atoms. The Morgan fingerprint density at radius 2 is 2.20 bits per heavy atom. The normalized spacial score (nSPS) is 16.8. The Morgan fingerprint density at radius 1 is 1.50 bits per heavy atom. The molecule has 6 nitrogen and oxygen atoms in total. The second kappa shape index (κ2) is 5.92. The van der Waals surface area contributed by atoms with E-state index in [9.17, 15) is 4.79 Å². The maximum Gasteiger partial charge on any atom is 0.238 e. The summed E-state index contributed by atoms with van der Waals surface area (Å²) in [7, 11) is 1.64. The third kappa shape index (κ3) is 2.75. The van der Waals surface area contributed by atoms with Gasteiger partial charge in [-0.3, -0.25) is 4.79 Å². The molecule has 0 aromatic heterocycles. The standard InChI is InChI=1S/C14H19N3O3/c1-20-9-6-10-4-2-3-5-11(10)16-13(18)14(7-8-14)12(15)17-19/h2-5,19H,6-9H2,1H3,(H2,15,17)(H,16,18). The Balaban J connectivity index is 2.12. The number of amidine groups is 1. The van der Waals surface area contributed by atoms with E-state index in [2.05, 4.69) is 10.5 Å². The fourth-order valence-corrected chi connectivity index (χ4v) is 2.13. The number of oxime groups is 1. The molecule has 0 aliphatic heterocycles. The van der Waals surface area contributed by atoms with Gasteiger partial charge in [-0.1, -0.05) is 23.4 Å². The molecule has 1 aromatic rings. The lowest BCUT2D eigenvalue weighted by Gasteiger charge is -2.16. The largest absolute Gasteiger partial charge is 0.409 e. The minimum atomic E-state index is -0.844. The quantitative estimate of drug-likeness (QED) is 0.316. The molecule has 0 unspecified atom stereocenters. The SMILES string of the molecule is COCCc1ccccc1NC(=O)C1(/C(N)=N/O)CC1. The average molecular weight is 277 g/mol. The summed E-state index contributed by atoms with van der Waals surface area (Å²) in [5.41, 5.74) is 6.50. The first kappa shape index (κ1) is 14.3. The van der Waals surface area contributed by atoms with Crippen molar-refractivity contribution in [3.63, 3.8) is 0 Å². The van der Waals surface area contributed by atoms with Gasteiger partial charge in [-0.05, 0) is 30.9 Å². The van der Waals surface area contributed by atoms with Gasteiger partial charge in [-0.15, -0.1) is 0 Å². The number of hydrogen-bond acceptors (Lipinski definition) is 4. The first-order valence-corrected chi connectivity index (χ1v) is 6.50. The number of para-hydroxylation sites is 1. The number of nitrogens with one attached hydrogen (secondary N) is 1. The number of amides is 1. The fourth-order valence-electron chi connectivity index (χ4n) is 2.13. The molecule has 1 aromatic carbocycles. The van der Waals surface area contributed by atoms with Crippen LogP contribution in [0.15, 0.2) is 29.4 Å². The molecule has 1 saturated carbocycles. The van der Waals surface area contributed by atoms with Crippen LogP contribution in [0.5, 0.6) is 0 Å². The van der Waals surface area contributed by atoms with Gasteiger partial charge in [0.2, 0.25) is 5.91 Å². The number of methoxy groups -OCH3 is 1. The third-order valence-electron chi connectivity index (χ3n) is 3.62. The second-order valence-electron chi connectivity index (χ2n) is 4.92. The van der Waals surface area contributed by atoms with Crippen LogP contribution in [-0.2, 0) is 16.0 Å². The molecular weight excluding hydrogens is 258 g/mol. The molecule has 1 aliphatic rings. The highest BCUT2D eigenvalue weighted by Crippen LogP contribution is 2.46. The van der Waals surface area contributed by atoms with Gasteiger partial charge < -0.3 is 21.0 Å². The van der Waals surface area contributed by atoms with Crippen molar-refractivity contribution in [1.82, 2.24) is 0 Å². The van der Waals surface area contributed by atoms with Crippen LogP contribution in [-0.4, -0.2) is 30.7 Å². The minimum absolute atomic E-state index is 0.0237. The molecule has 1 fully saturated rings. The molecule has 0 atom stereocenters. The summed E-state index contributed by atoms with van der Waals surface area (Å²) in [6, 6.07) is 7.55. The molecule has 6 heteroatoms. The number of ether oxygens (including phenoxy) is 1. The third-order valence-corrected chi connectivity index (χ3v) is 3.62. The van der Waals surface area contributed by atoms with Crippen molar-refractivity contribution >= 4 is 17.4 Å². The van der Waals surface area contributed by atoms with Crippen molar-refractivity contribution in [1.29, 1.82) is 0 Å². The average Bonchev–Trinajstić information content (AvgIpc) is 3.27. The highest BCUT2D eigenvalue weighted by atomic mass is 16.5. The van der Waals surface area contributed by atoms with Crippen LogP contribution >= 0.6 is 0 Å². The molecule has 1 amide bonds. The molecule has 0 radical (unpaired) electrons. The maximum atomic E-state index is 12.3. The lowest BCUT2D eigenvalue weighted by molar-refractivity contribution is -0.119. The number of hydrogen-bond donors (Lipinski definition) is 3. The highest BCUT2D eigenvalue weighted by Gasteiger charge is 2.54. The lowest BCUT2D eigenvalue weighted by atomic mass is 10.0. The summed E-state index contributed by atoms with van der Waals surface area (Å²) in [5.74, 6) is -0.248. The summed E-state index contributed by atoms with van der Waals surface area (Å²) in [4.78, 5) is 12.3. The molecular formula is C14H19N3O3. The van der Waals surface area contributed by atoms with Crippen molar-refractivity contribution in [2.24, 2.45) is 16.3 Å². The van der Waals surface area contributed by atoms with E-state index < -0.39 is 5.41 Å². The van der Waals surface area contributed by atoms with Crippen LogP contribution in [0.1, 0.15) is 18.4 Å². The van der Waals surface area contributed by atoms with E-state index >= 15 is 0 Å². The number of nitrogens with zero attached hydrogens (tertiary/aromatic N) is 1. The summed E-state index contributed by atoms with van der Waals surface area (Å²) in [6.45, 7) is 0.582. The lowest BCUT2D eigenvalue weighted by Crippen LogP contribution is -2.36. The van der Waals surface area contributed by atoms with Gasteiger partial charge in [-0.2, -0.15) is 0 Å². The van der Waals surface area contributed by atoms with Crippen LogP contribution in [0.4, 0.5) is 5.69 Å². The monoisotopic (exact) mass is 277 g/mol. The van der Waals surface area contributed by atoms with Gasteiger partial charge >= 0.3 is 0 Å². The van der Waals surface area contributed by atoms with Gasteiger partial charge in [0.25, 0.3) is 0 Å². The molecule has 2 rings (SSSR count). The molecule has 1 aliphatic carbocycles. The first-order valence-electron chi connectivity index (χ1n) is 6.50. The smallest absolute Gasteiger partial charge is 0.238 e. The molecule has 4 N–H and O–H groups in total. The zero-order valence-corrected chi connectivity index (χ0v) is 11.4. The molecule has 0 saturated heterocycles. The molecule has 0 spiro atoms. The summed E-state index contributed by atoms with van der Waals surface area (Å²) in [6.07, 6.45) is 1.92. The predicted octanol–water partition coefficient (Wildman–Crippen LogP) is 1.34. The van der Waals surface area contributed by atoms with Crippen molar-refractivity contribution in [2.45, 2.75) is 19.3 Å². The van der Waals surface area contributed by atoms with E-state index in [1.54, 1.807) is 7.11 Å². The van der Waals surface area contributed by atoms with E-state index in [4.69, 9.17) is 15.7 Å². The molecule has 108 valence electrons. The van der Waals surface area contributed by atoms with Crippen LogP contribution in [0.2, 0.25) is 0 Å². The van der Waals surface area contributed by atoms with Gasteiger partial charge in [0, 0.05) is 12.8 Å². The zero-order valence-electron chi connectivity index (χ0n) is 11.4. The Kier molecular flexibility index (Phi) is 4.24. The van der Waals surface area contributed by atoms with E-state index in [-0.39, 0.29) is 11.7 Å². The van der Waals surface area contributed by atoms with Crippen LogP contribution in [0, 0.1) is 5.41 Å². The predicted molar refractivity (Wildman–Crippen MR) is 75.7 cm³/mol. The first-order chi connectivity index (χ1) is 9.64. The Hall–Kier alpha value is -2.08. The van der Waals surface area contributed by atoms with Crippen molar-refractivity contribution in [3.05, 3.63) is 29.8 Å². The van der Waals surface area contributed by atoms with Gasteiger partial charge in [0.05, 0.1) is 6.61 Å². The van der Waals surface area contributed by atoms with E-state index in [0.29, 0.717) is 25.9 Å². The van der Waals surface area contributed by atoms with E-state index in [0.717, 1.165) is 11.3 Å². The number of benzene rings is 1. The zero-order chi connectivity index (χ0) is 14.6. The van der Waals surface area contributed by atoms with E-state index in [1.165, 1.54) is 0 Å². The van der Waals surface area contributed by atoms with Gasteiger partial charge in [-0.25, -0.2) is 0 Å². The number of anilines is 1. The summed E-state index contributed by atoms with van der Waals surface area (Å²) >= 11 is 0. The van der Waals surface area contributed by atoms with Crippen LogP contribution in [0.3, 0.4) is 0 Å². The van der Waals surface area contributed by atoms with Gasteiger partial charge in [0.1, 0.15) is 5.41 Å². The topological polar surface area (TPSA) is 96.9 Å². The number of rotatable bonds is 6. The summed E-state index contributed by atoms with van der Waals surface area (Å²) < 4.78 is 5.06. The van der Waals surface area contributed by atoms with Crippen molar-refractivity contribution in [2.75, 3.05) is 19.0 Å². The Labute approximate surface area is 117 Å². The Bertz CT molecular complexity index is 524. The Morgan fingerprint density at radius 3 is 2.80 bits per heavy atom. The minimum Gasteiger partial charge on any atom is -0.409 e. The van der Waals surface area contributed by atoms with Crippen molar-refractivity contribution in [3.8, 4) is 0 Å². The van der Waals surface area contributed by atoms with Crippen LogP contribution in [0.25, 0.3) is 0 Å².